The summed E-state index contributed by atoms with van der Waals surface area (Å²) in [6, 6.07) is 9.79. The third-order valence-corrected chi connectivity index (χ3v) is 5.43. The van der Waals surface area contributed by atoms with E-state index in [1.807, 2.05) is 44.2 Å². The van der Waals surface area contributed by atoms with E-state index in [2.05, 4.69) is 14.9 Å². The molecule has 1 N–H and O–H groups in total. The fourth-order valence-corrected chi connectivity index (χ4v) is 3.93. The molecule has 7 heteroatoms. The molecule has 0 amide bonds. The molecule has 1 aromatic carbocycles. The Morgan fingerprint density at radius 2 is 1.86 bits per heavy atom. The van der Waals surface area contributed by atoms with Crippen LogP contribution in [-0.4, -0.2) is 53.7 Å². The Morgan fingerprint density at radius 1 is 1.14 bits per heavy atom. The molecule has 0 atom stereocenters. The number of piperazine rings is 1. The lowest BCUT2D eigenvalue weighted by Crippen LogP contribution is -3.13. The van der Waals surface area contributed by atoms with Gasteiger partial charge in [0.25, 0.3) is 0 Å². The van der Waals surface area contributed by atoms with Gasteiger partial charge >= 0.3 is 5.97 Å². The third kappa shape index (κ3) is 4.05. The summed E-state index contributed by atoms with van der Waals surface area (Å²) in [5, 5.41) is 1.00. The number of anilines is 1. The molecule has 150 valence electrons. The predicted octanol–water partition coefficient (Wildman–Crippen LogP) is 1.42. The molecular weight excluding hydrogens is 366 g/mol. The van der Waals surface area contributed by atoms with Crippen LogP contribution in [0.25, 0.3) is 10.9 Å². The van der Waals surface area contributed by atoms with Crippen molar-refractivity contribution in [2.45, 2.75) is 20.4 Å². The first-order valence-electron chi connectivity index (χ1n) is 10.1. The van der Waals surface area contributed by atoms with Crippen LogP contribution in [0.15, 0.2) is 42.7 Å². The van der Waals surface area contributed by atoms with E-state index in [-0.39, 0.29) is 5.97 Å². The summed E-state index contributed by atoms with van der Waals surface area (Å²) in [4.78, 5) is 29.9. The molecule has 1 saturated heterocycles. The normalized spacial score (nSPS) is 14.9. The van der Waals surface area contributed by atoms with E-state index in [9.17, 15) is 4.79 Å². The molecule has 1 aliphatic rings. The first-order chi connectivity index (χ1) is 14.2. The maximum Gasteiger partial charge on any atom is 0.340 e. The van der Waals surface area contributed by atoms with E-state index in [1.165, 1.54) is 4.90 Å². The Bertz CT molecular complexity index is 1000. The molecule has 3 heterocycles. The summed E-state index contributed by atoms with van der Waals surface area (Å²) in [7, 11) is 0. The highest BCUT2D eigenvalue weighted by Gasteiger charge is 2.26. The zero-order valence-electron chi connectivity index (χ0n) is 16.9. The van der Waals surface area contributed by atoms with Crippen LogP contribution >= 0.6 is 0 Å². The van der Waals surface area contributed by atoms with Crippen LogP contribution in [0, 0.1) is 6.92 Å². The zero-order chi connectivity index (χ0) is 20.2. The number of esters is 1. The average Bonchev–Trinajstić information content (AvgIpc) is 2.75. The molecule has 0 radical (unpaired) electrons. The van der Waals surface area contributed by atoms with Gasteiger partial charge in [0.2, 0.25) is 5.95 Å². The number of hydrogen-bond acceptors (Lipinski definition) is 6. The standard InChI is InChI=1S/C22H25N5O2/c1-3-29-21(28)20-16(2)17-7-4-5-8-18(17)25-19(20)15-26-11-13-27(14-12-26)22-23-9-6-10-24-22/h4-10H,3,11-15H2,1-2H3/p+1. The van der Waals surface area contributed by atoms with Crippen molar-refractivity contribution in [2.24, 2.45) is 0 Å². The van der Waals surface area contributed by atoms with Gasteiger partial charge in [-0.1, -0.05) is 18.2 Å². The van der Waals surface area contributed by atoms with Crippen molar-refractivity contribution in [3.8, 4) is 0 Å². The Labute approximate surface area is 170 Å². The van der Waals surface area contributed by atoms with Gasteiger partial charge in [0.1, 0.15) is 12.2 Å². The second-order valence-electron chi connectivity index (χ2n) is 7.26. The summed E-state index contributed by atoms with van der Waals surface area (Å²) < 4.78 is 5.35. The van der Waals surface area contributed by atoms with Crippen LogP contribution in [0.5, 0.6) is 0 Å². The maximum atomic E-state index is 12.7. The first kappa shape index (κ1) is 19.3. The van der Waals surface area contributed by atoms with E-state index in [0.717, 1.165) is 54.3 Å². The number of aromatic nitrogens is 3. The summed E-state index contributed by atoms with van der Waals surface area (Å²) >= 11 is 0. The summed E-state index contributed by atoms with van der Waals surface area (Å²) in [5.41, 5.74) is 3.30. The number of para-hydroxylation sites is 1. The van der Waals surface area contributed by atoms with Crippen LogP contribution in [0.4, 0.5) is 5.95 Å². The topological polar surface area (TPSA) is 72.7 Å². The second-order valence-corrected chi connectivity index (χ2v) is 7.26. The summed E-state index contributed by atoms with van der Waals surface area (Å²) in [5.74, 6) is 0.493. The minimum absolute atomic E-state index is 0.283. The number of nitrogens with one attached hydrogen (secondary N) is 1. The molecule has 0 bridgehead atoms. The highest BCUT2D eigenvalue weighted by molar-refractivity contribution is 5.98. The van der Waals surface area contributed by atoms with Crippen molar-refractivity contribution in [2.75, 3.05) is 37.7 Å². The van der Waals surface area contributed by atoms with Gasteiger partial charge in [-0.05, 0) is 31.5 Å². The molecule has 4 rings (SSSR count). The molecule has 0 unspecified atom stereocenters. The number of nitrogens with zero attached hydrogens (tertiary/aromatic N) is 4. The summed E-state index contributed by atoms with van der Waals surface area (Å²) in [6.07, 6.45) is 3.55. The van der Waals surface area contributed by atoms with E-state index in [0.29, 0.717) is 18.7 Å². The van der Waals surface area contributed by atoms with Gasteiger partial charge in [0, 0.05) is 17.8 Å². The Morgan fingerprint density at radius 3 is 2.59 bits per heavy atom. The Balaban J connectivity index is 1.57. The van der Waals surface area contributed by atoms with Gasteiger partial charge in [-0.15, -0.1) is 0 Å². The number of pyridine rings is 1. The van der Waals surface area contributed by atoms with Crippen LogP contribution in [0.2, 0.25) is 0 Å². The lowest BCUT2D eigenvalue weighted by atomic mass is 10.0. The van der Waals surface area contributed by atoms with Crippen molar-refractivity contribution in [1.29, 1.82) is 0 Å². The van der Waals surface area contributed by atoms with E-state index >= 15 is 0 Å². The van der Waals surface area contributed by atoms with Gasteiger partial charge < -0.3 is 14.5 Å². The van der Waals surface area contributed by atoms with Crippen LogP contribution < -0.4 is 9.80 Å². The first-order valence-corrected chi connectivity index (χ1v) is 10.1. The number of quaternary nitrogens is 1. The van der Waals surface area contributed by atoms with E-state index < -0.39 is 0 Å². The van der Waals surface area contributed by atoms with Crippen molar-refractivity contribution < 1.29 is 14.4 Å². The Hall–Kier alpha value is -3.06. The second kappa shape index (κ2) is 8.53. The monoisotopic (exact) mass is 392 g/mol. The lowest BCUT2D eigenvalue weighted by Gasteiger charge is -2.32. The quantitative estimate of drug-likeness (QED) is 0.662. The number of carbonyl (C=O) groups is 1. The summed E-state index contributed by atoms with van der Waals surface area (Å²) in [6.45, 7) is 8.50. The fourth-order valence-electron chi connectivity index (χ4n) is 3.93. The van der Waals surface area contributed by atoms with Gasteiger partial charge in [-0.2, -0.15) is 0 Å². The fraction of sp³-hybridized carbons (Fsp3) is 0.364. The number of aryl methyl sites for hydroxylation is 1. The molecule has 29 heavy (non-hydrogen) atoms. The van der Waals surface area contributed by atoms with E-state index in [1.54, 1.807) is 12.4 Å². The molecule has 1 fully saturated rings. The molecule has 3 aromatic rings. The zero-order valence-corrected chi connectivity index (χ0v) is 16.9. The number of rotatable bonds is 5. The number of hydrogen-bond donors (Lipinski definition) is 1. The number of ether oxygens (including phenoxy) is 1. The Kier molecular flexibility index (Phi) is 5.67. The molecule has 2 aromatic heterocycles. The van der Waals surface area contributed by atoms with Crippen LogP contribution in [0.3, 0.4) is 0 Å². The van der Waals surface area contributed by atoms with Crippen molar-refractivity contribution in [3.63, 3.8) is 0 Å². The molecule has 0 aliphatic carbocycles. The highest BCUT2D eigenvalue weighted by Crippen LogP contribution is 2.23. The van der Waals surface area contributed by atoms with Crippen molar-refractivity contribution >= 4 is 22.8 Å². The van der Waals surface area contributed by atoms with Crippen LogP contribution in [0.1, 0.15) is 28.5 Å². The molecule has 0 saturated carbocycles. The SMILES string of the molecule is CCOC(=O)c1c(C[NH+]2CCN(c3ncccn3)CC2)nc2ccccc2c1C. The van der Waals surface area contributed by atoms with Crippen molar-refractivity contribution in [3.05, 3.63) is 59.5 Å². The van der Waals surface area contributed by atoms with Gasteiger partial charge in [0.15, 0.2) is 0 Å². The predicted molar refractivity (Wildman–Crippen MR) is 111 cm³/mol. The molecule has 1 aliphatic heterocycles. The number of carbonyl (C=O) groups excluding carboxylic acids is 1. The minimum atomic E-state index is -0.283. The molecule has 7 nitrogen and oxygen atoms in total. The van der Waals surface area contributed by atoms with Crippen molar-refractivity contribution in [1.82, 2.24) is 15.0 Å². The number of benzene rings is 1. The highest BCUT2D eigenvalue weighted by atomic mass is 16.5. The van der Waals surface area contributed by atoms with Gasteiger partial charge in [-0.3, -0.25) is 0 Å². The average molecular weight is 392 g/mol. The molecule has 0 spiro atoms. The largest absolute Gasteiger partial charge is 0.462 e. The smallest absolute Gasteiger partial charge is 0.340 e. The minimum Gasteiger partial charge on any atom is -0.462 e. The van der Waals surface area contributed by atoms with E-state index in [4.69, 9.17) is 9.72 Å². The van der Waals surface area contributed by atoms with Gasteiger partial charge in [-0.25, -0.2) is 19.7 Å². The lowest BCUT2D eigenvalue weighted by molar-refractivity contribution is -0.914. The maximum absolute atomic E-state index is 12.7. The van der Waals surface area contributed by atoms with Gasteiger partial charge in [0.05, 0.1) is 43.9 Å². The van der Waals surface area contributed by atoms with Crippen LogP contribution in [-0.2, 0) is 11.3 Å². The third-order valence-electron chi connectivity index (χ3n) is 5.43. The number of fused-ring (bicyclic) bond motifs is 1. The molecular formula is C22H26N5O2+.